The molecule has 4 nitrogen and oxygen atoms in total. The normalized spacial score (nSPS) is 17.4. The van der Waals surface area contributed by atoms with E-state index < -0.39 is 0 Å². The van der Waals surface area contributed by atoms with Crippen LogP contribution in [0.25, 0.3) is 0 Å². The number of likely N-dealkylation sites (N-methyl/N-ethyl adjacent to an activating group) is 1. The van der Waals surface area contributed by atoms with Crippen LogP contribution in [0.5, 0.6) is 0 Å². The molecule has 1 aromatic heterocycles. The van der Waals surface area contributed by atoms with Crippen LogP contribution in [-0.2, 0) is 4.79 Å². The van der Waals surface area contributed by atoms with Gasteiger partial charge in [0.15, 0.2) is 0 Å². The first kappa shape index (κ1) is 12.9. The van der Waals surface area contributed by atoms with Gasteiger partial charge >= 0.3 is 0 Å². The van der Waals surface area contributed by atoms with Crippen LogP contribution in [-0.4, -0.2) is 30.5 Å². The van der Waals surface area contributed by atoms with Gasteiger partial charge in [-0.2, -0.15) is 0 Å². The van der Waals surface area contributed by atoms with Crippen LogP contribution in [0.2, 0.25) is 0 Å². The molecule has 0 radical (unpaired) electrons. The second-order valence-corrected chi connectivity index (χ2v) is 5.30. The van der Waals surface area contributed by atoms with E-state index in [1.165, 1.54) is 12.8 Å². The fourth-order valence-electron chi connectivity index (χ4n) is 2.75. The maximum absolute atomic E-state index is 10.8. The number of pyridine rings is 1. The summed E-state index contributed by atoms with van der Waals surface area (Å²) in [6.45, 7) is 2.85. The zero-order valence-corrected chi connectivity index (χ0v) is 11.1. The van der Waals surface area contributed by atoms with Crippen molar-refractivity contribution < 1.29 is 4.79 Å². The molecule has 0 atom stereocenters. The molecule has 1 aromatic rings. The molecule has 0 saturated heterocycles. The van der Waals surface area contributed by atoms with Gasteiger partial charge in [0.2, 0.25) is 6.41 Å². The van der Waals surface area contributed by atoms with Gasteiger partial charge in [-0.25, -0.2) is 4.98 Å². The highest BCUT2D eigenvalue weighted by Gasteiger charge is 2.34. The van der Waals surface area contributed by atoms with Crippen LogP contribution in [0.1, 0.15) is 31.2 Å². The number of nitrogens with one attached hydrogen (secondary N) is 1. The lowest BCUT2D eigenvalue weighted by molar-refractivity contribution is -0.111. The molecule has 0 aliphatic heterocycles. The minimum atomic E-state index is -0.0664. The van der Waals surface area contributed by atoms with E-state index in [4.69, 9.17) is 0 Å². The summed E-state index contributed by atoms with van der Waals surface area (Å²) in [5.74, 6) is 0.958. The third-order valence-corrected chi connectivity index (χ3v) is 3.75. The summed E-state index contributed by atoms with van der Waals surface area (Å²) in [5.41, 5.74) is 1.09. The average Bonchev–Trinajstić information content (AvgIpc) is 2.79. The Bertz CT molecular complexity index is 396. The van der Waals surface area contributed by atoms with Crippen molar-refractivity contribution in [2.75, 3.05) is 18.5 Å². The predicted molar refractivity (Wildman–Crippen MR) is 72.6 cm³/mol. The van der Waals surface area contributed by atoms with Crippen molar-refractivity contribution in [1.29, 1.82) is 0 Å². The van der Waals surface area contributed by atoms with Crippen molar-refractivity contribution in [3.63, 3.8) is 0 Å². The monoisotopic (exact) mass is 247 g/mol. The van der Waals surface area contributed by atoms with E-state index in [1.54, 1.807) is 0 Å². The molecule has 0 unspecified atom stereocenters. The number of anilines is 1. The number of aryl methyl sites for hydroxylation is 1. The van der Waals surface area contributed by atoms with Gasteiger partial charge in [-0.1, -0.05) is 18.9 Å². The Hall–Kier alpha value is -1.58. The van der Waals surface area contributed by atoms with Crippen LogP contribution in [0, 0.1) is 6.92 Å². The summed E-state index contributed by atoms with van der Waals surface area (Å²) in [5, 5.41) is 3.02. The summed E-state index contributed by atoms with van der Waals surface area (Å²) >= 11 is 0. The topological polar surface area (TPSA) is 45.2 Å². The van der Waals surface area contributed by atoms with Gasteiger partial charge in [0.1, 0.15) is 5.82 Å². The number of amides is 1. The number of hydrogen-bond acceptors (Lipinski definition) is 3. The minimum Gasteiger partial charge on any atom is -0.357 e. The molecule has 1 heterocycles. The van der Waals surface area contributed by atoms with Crippen molar-refractivity contribution in [3.05, 3.63) is 23.9 Å². The maximum atomic E-state index is 10.8. The Labute approximate surface area is 108 Å². The minimum absolute atomic E-state index is 0.0664. The highest BCUT2D eigenvalue weighted by atomic mass is 16.1. The zero-order valence-electron chi connectivity index (χ0n) is 11.1. The molecule has 98 valence electrons. The first-order valence-electron chi connectivity index (χ1n) is 6.50. The van der Waals surface area contributed by atoms with Gasteiger partial charge in [-0.3, -0.25) is 4.79 Å². The molecule has 1 aliphatic carbocycles. The number of aromatic nitrogens is 1. The van der Waals surface area contributed by atoms with Crippen molar-refractivity contribution in [2.45, 2.75) is 38.1 Å². The van der Waals surface area contributed by atoms with E-state index in [-0.39, 0.29) is 5.54 Å². The van der Waals surface area contributed by atoms with E-state index in [0.717, 1.165) is 37.2 Å². The van der Waals surface area contributed by atoms with Gasteiger partial charge in [0.05, 0.1) is 5.54 Å². The molecule has 18 heavy (non-hydrogen) atoms. The Balaban J connectivity index is 2.07. The maximum Gasteiger partial charge on any atom is 0.207 e. The summed E-state index contributed by atoms with van der Waals surface area (Å²) < 4.78 is 0. The van der Waals surface area contributed by atoms with E-state index in [1.807, 2.05) is 26.2 Å². The number of rotatable bonds is 5. The molecule has 0 bridgehead atoms. The predicted octanol–water partition coefficient (Wildman–Crippen LogP) is 1.89. The van der Waals surface area contributed by atoms with Crippen molar-refractivity contribution in [3.8, 4) is 0 Å². The quantitative estimate of drug-likeness (QED) is 0.808. The molecule has 1 N–H and O–H groups in total. The summed E-state index contributed by atoms with van der Waals surface area (Å²) in [4.78, 5) is 17.3. The molecule has 2 rings (SSSR count). The second-order valence-electron chi connectivity index (χ2n) is 5.30. The molecular weight excluding hydrogens is 226 g/mol. The van der Waals surface area contributed by atoms with Gasteiger partial charge in [0, 0.05) is 19.8 Å². The van der Waals surface area contributed by atoms with Crippen LogP contribution in [0.4, 0.5) is 5.82 Å². The number of carbonyl (C=O) groups is 1. The smallest absolute Gasteiger partial charge is 0.207 e. The molecule has 0 aromatic carbocycles. The van der Waals surface area contributed by atoms with Crippen molar-refractivity contribution in [1.82, 2.24) is 10.3 Å². The van der Waals surface area contributed by atoms with Crippen molar-refractivity contribution in [2.24, 2.45) is 0 Å². The third-order valence-electron chi connectivity index (χ3n) is 3.75. The van der Waals surface area contributed by atoms with E-state index in [0.29, 0.717) is 0 Å². The van der Waals surface area contributed by atoms with E-state index in [9.17, 15) is 4.79 Å². The SMILES string of the molecule is Cc1ccc(N(C)CC2(NC=O)CCCC2)nc1. The lowest BCUT2D eigenvalue weighted by atomic mass is 9.97. The van der Waals surface area contributed by atoms with Crippen LogP contribution < -0.4 is 10.2 Å². The summed E-state index contributed by atoms with van der Waals surface area (Å²) in [7, 11) is 2.03. The third kappa shape index (κ3) is 2.81. The molecule has 0 spiro atoms. The summed E-state index contributed by atoms with van der Waals surface area (Å²) in [6.07, 6.45) is 7.21. The van der Waals surface area contributed by atoms with E-state index >= 15 is 0 Å². The van der Waals surface area contributed by atoms with Gasteiger partial charge in [-0.05, 0) is 31.4 Å². The van der Waals surface area contributed by atoms with Gasteiger partial charge in [-0.15, -0.1) is 0 Å². The molecule has 1 aliphatic rings. The Morgan fingerprint density at radius 2 is 2.17 bits per heavy atom. The molecule has 1 amide bonds. The second kappa shape index (κ2) is 5.38. The molecule has 4 heteroatoms. The highest BCUT2D eigenvalue weighted by molar-refractivity contribution is 5.49. The first-order chi connectivity index (χ1) is 8.65. The van der Waals surface area contributed by atoms with Gasteiger partial charge < -0.3 is 10.2 Å². The Morgan fingerprint density at radius 3 is 2.72 bits per heavy atom. The fraction of sp³-hybridized carbons (Fsp3) is 0.571. The highest BCUT2D eigenvalue weighted by Crippen LogP contribution is 2.30. The fourth-order valence-corrected chi connectivity index (χ4v) is 2.75. The number of nitrogens with zero attached hydrogens (tertiary/aromatic N) is 2. The van der Waals surface area contributed by atoms with Crippen molar-refractivity contribution >= 4 is 12.2 Å². The Morgan fingerprint density at radius 1 is 1.44 bits per heavy atom. The largest absolute Gasteiger partial charge is 0.357 e. The van der Waals surface area contributed by atoms with Crippen LogP contribution >= 0.6 is 0 Å². The number of hydrogen-bond donors (Lipinski definition) is 1. The lowest BCUT2D eigenvalue weighted by Crippen LogP contribution is -2.50. The molecule has 1 saturated carbocycles. The summed E-state index contributed by atoms with van der Waals surface area (Å²) in [6, 6.07) is 4.09. The standard InChI is InChI=1S/C14H21N3O/c1-12-5-6-13(15-9-12)17(2)10-14(16-11-18)7-3-4-8-14/h5-6,9,11H,3-4,7-8,10H2,1-2H3,(H,16,18). The molecular formula is C14H21N3O. The Kier molecular flexibility index (Phi) is 3.84. The molecule has 1 fully saturated rings. The van der Waals surface area contributed by atoms with E-state index in [2.05, 4.69) is 21.3 Å². The number of carbonyl (C=O) groups excluding carboxylic acids is 1. The van der Waals surface area contributed by atoms with Crippen LogP contribution in [0.15, 0.2) is 18.3 Å². The van der Waals surface area contributed by atoms with Crippen LogP contribution in [0.3, 0.4) is 0 Å². The first-order valence-corrected chi connectivity index (χ1v) is 6.50. The zero-order chi connectivity index (χ0) is 13.0. The lowest BCUT2D eigenvalue weighted by Gasteiger charge is -2.33. The van der Waals surface area contributed by atoms with Gasteiger partial charge in [0.25, 0.3) is 0 Å². The average molecular weight is 247 g/mol.